The van der Waals surface area contributed by atoms with Crippen LogP contribution < -0.4 is 10.2 Å². The van der Waals surface area contributed by atoms with Crippen molar-refractivity contribution in [1.29, 1.82) is 0 Å². The fourth-order valence-corrected chi connectivity index (χ4v) is 2.18. The molecule has 1 saturated carbocycles. The molecule has 19 heavy (non-hydrogen) atoms. The first-order valence-corrected chi connectivity index (χ1v) is 6.93. The lowest BCUT2D eigenvalue weighted by molar-refractivity contribution is 0.196. The molecule has 0 aliphatic heterocycles. The largest absolute Gasteiger partial charge is 0.385 e. The Morgan fingerprint density at radius 1 is 1.42 bits per heavy atom. The van der Waals surface area contributed by atoms with Crippen molar-refractivity contribution in [2.75, 3.05) is 32.2 Å². The van der Waals surface area contributed by atoms with Gasteiger partial charge in [0.25, 0.3) is 0 Å². The lowest BCUT2D eigenvalue weighted by Crippen LogP contribution is -2.24. The molecule has 0 bridgehead atoms. The molecule has 4 heteroatoms. The highest BCUT2D eigenvalue weighted by Crippen LogP contribution is 2.25. The van der Waals surface area contributed by atoms with E-state index in [0.717, 1.165) is 30.8 Å². The van der Waals surface area contributed by atoms with Crippen LogP contribution in [0.15, 0.2) is 18.2 Å². The molecule has 0 aromatic heterocycles. The number of nitrogens with one attached hydrogen (secondary N) is 1. The third-order valence-corrected chi connectivity index (χ3v) is 3.49. The van der Waals surface area contributed by atoms with Gasteiger partial charge in [0.15, 0.2) is 0 Å². The Balaban J connectivity index is 2.01. The summed E-state index contributed by atoms with van der Waals surface area (Å²) in [5.41, 5.74) is 1.75. The molecule has 0 atom stereocenters. The van der Waals surface area contributed by atoms with Crippen LogP contribution >= 0.6 is 0 Å². The molecule has 0 amide bonds. The van der Waals surface area contributed by atoms with Crippen LogP contribution in [0.25, 0.3) is 0 Å². The van der Waals surface area contributed by atoms with Crippen LogP contribution in [0.1, 0.15) is 24.8 Å². The van der Waals surface area contributed by atoms with Crippen LogP contribution in [-0.4, -0.2) is 33.4 Å². The number of anilines is 1. The van der Waals surface area contributed by atoms with Crippen LogP contribution in [0, 0.1) is 5.82 Å². The molecular formula is C15H23FN2O. The Bertz CT molecular complexity index is 407. The zero-order valence-electron chi connectivity index (χ0n) is 11.8. The van der Waals surface area contributed by atoms with E-state index in [1.54, 1.807) is 13.2 Å². The van der Waals surface area contributed by atoms with Crippen molar-refractivity contribution in [2.45, 2.75) is 31.8 Å². The molecule has 1 aliphatic carbocycles. The third kappa shape index (κ3) is 4.18. The molecule has 2 rings (SSSR count). The number of nitrogens with zero attached hydrogens (tertiary/aromatic N) is 1. The predicted octanol–water partition coefficient (Wildman–Crippen LogP) is 2.55. The molecule has 1 aromatic carbocycles. The van der Waals surface area contributed by atoms with Crippen LogP contribution in [0.2, 0.25) is 0 Å². The Hall–Kier alpha value is -1.13. The average Bonchev–Trinajstić information content (AvgIpc) is 3.21. The van der Waals surface area contributed by atoms with Crippen LogP contribution in [0.3, 0.4) is 0 Å². The van der Waals surface area contributed by atoms with E-state index in [1.165, 1.54) is 18.9 Å². The minimum absolute atomic E-state index is 0.121. The minimum atomic E-state index is -0.121. The minimum Gasteiger partial charge on any atom is -0.385 e. The maximum absolute atomic E-state index is 14.0. The van der Waals surface area contributed by atoms with Gasteiger partial charge in [-0.25, -0.2) is 4.39 Å². The summed E-state index contributed by atoms with van der Waals surface area (Å²) in [6.45, 7) is 2.21. The Morgan fingerprint density at radius 3 is 2.89 bits per heavy atom. The number of halogens is 1. The first-order chi connectivity index (χ1) is 9.22. The molecule has 3 nitrogen and oxygen atoms in total. The van der Waals surface area contributed by atoms with Gasteiger partial charge in [-0.2, -0.15) is 0 Å². The summed E-state index contributed by atoms with van der Waals surface area (Å²) in [6, 6.07) is 5.89. The molecular weight excluding hydrogens is 243 g/mol. The van der Waals surface area contributed by atoms with E-state index in [-0.39, 0.29) is 5.82 Å². The van der Waals surface area contributed by atoms with Crippen LogP contribution in [0.5, 0.6) is 0 Å². The Labute approximate surface area is 114 Å². The molecule has 1 fully saturated rings. The van der Waals surface area contributed by atoms with Gasteiger partial charge in [-0.1, -0.05) is 6.07 Å². The molecule has 1 N–H and O–H groups in total. The first kappa shape index (κ1) is 14.3. The maximum atomic E-state index is 14.0. The van der Waals surface area contributed by atoms with Crippen molar-refractivity contribution >= 4 is 5.69 Å². The summed E-state index contributed by atoms with van der Waals surface area (Å²) in [7, 11) is 3.71. The zero-order chi connectivity index (χ0) is 13.7. The van der Waals surface area contributed by atoms with Crippen molar-refractivity contribution in [2.24, 2.45) is 0 Å². The van der Waals surface area contributed by atoms with E-state index < -0.39 is 0 Å². The monoisotopic (exact) mass is 266 g/mol. The van der Waals surface area contributed by atoms with Gasteiger partial charge in [0.2, 0.25) is 0 Å². The highest BCUT2D eigenvalue weighted by Gasteiger charge is 2.21. The fourth-order valence-electron chi connectivity index (χ4n) is 2.18. The SMILES string of the molecule is COCCCN(C)c1cccc(F)c1CNC1CC1. The summed E-state index contributed by atoms with van der Waals surface area (Å²) in [5.74, 6) is -0.121. The summed E-state index contributed by atoms with van der Waals surface area (Å²) < 4.78 is 19.0. The van der Waals surface area contributed by atoms with Gasteiger partial charge in [0, 0.05) is 51.1 Å². The first-order valence-electron chi connectivity index (χ1n) is 6.93. The molecule has 0 spiro atoms. The number of rotatable bonds is 8. The van der Waals surface area contributed by atoms with E-state index in [0.29, 0.717) is 12.6 Å². The lowest BCUT2D eigenvalue weighted by Gasteiger charge is -2.23. The molecule has 1 aromatic rings. The highest BCUT2D eigenvalue weighted by atomic mass is 19.1. The van der Waals surface area contributed by atoms with Gasteiger partial charge in [0.1, 0.15) is 5.82 Å². The quantitative estimate of drug-likeness (QED) is 0.732. The van der Waals surface area contributed by atoms with Crippen molar-refractivity contribution in [3.63, 3.8) is 0 Å². The smallest absolute Gasteiger partial charge is 0.129 e. The van der Waals surface area contributed by atoms with Crippen molar-refractivity contribution in [3.8, 4) is 0 Å². The van der Waals surface area contributed by atoms with Gasteiger partial charge in [-0.05, 0) is 31.4 Å². The molecule has 0 saturated heterocycles. The number of methoxy groups -OCH3 is 1. The normalized spacial score (nSPS) is 14.7. The molecule has 0 heterocycles. The molecule has 0 unspecified atom stereocenters. The molecule has 1 aliphatic rings. The van der Waals surface area contributed by atoms with E-state index in [4.69, 9.17) is 4.74 Å². The van der Waals surface area contributed by atoms with E-state index in [1.807, 2.05) is 13.1 Å². The lowest BCUT2D eigenvalue weighted by atomic mass is 10.1. The Morgan fingerprint density at radius 2 is 2.21 bits per heavy atom. The Kier molecular flexibility index (Phi) is 5.16. The van der Waals surface area contributed by atoms with Gasteiger partial charge in [-0.3, -0.25) is 0 Å². The number of benzene rings is 1. The van der Waals surface area contributed by atoms with Crippen LogP contribution in [0.4, 0.5) is 10.1 Å². The fraction of sp³-hybridized carbons (Fsp3) is 0.600. The molecule has 0 radical (unpaired) electrons. The van der Waals surface area contributed by atoms with Gasteiger partial charge < -0.3 is 15.0 Å². The van der Waals surface area contributed by atoms with Crippen molar-refractivity contribution in [3.05, 3.63) is 29.6 Å². The van der Waals surface area contributed by atoms with Gasteiger partial charge in [0.05, 0.1) is 0 Å². The van der Waals surface area contributed by atoms with E-state index in [2.05, 4.69) is 10.2 Å². The summed E-state index contributed by atoms with van der Waals surface area (Å²) >= 11 is 0. The number of hydrogen-bond acceptors (Lipinski definition) is 3. The second kappa shape index (κ2) is 6.87. The average molecular weight is 266 g/mol. The summed E-state index contributed by atoms with van der Waals surface area (Å²) in [6.07, 6.45) is 3.37. The predicted molar refractivity (Wildman–Crippen MR) is 76.0 cm³/mol. The molecule has 106 valence electrons. The van der Waals surface area contributed by atoms with E-state index >= 15 is 0 Å². The number of hydrogen-bond donors (Lipinski definition) is 1. The zero-order valence-corrected chi connectivity index (χ0v) is 11.8. The summed E-state index contributed by atoms with van der Waals surface area (Å²) in [5, 5.41) is 3.38. The second-order valence-electron chi connectivity index (χ2n) is 5.16. The summed E-state index contributed by atoms with van der Waals surface area (Å²) in [4.78, 5) is 2.10. The topological polar surface area (TPSA) is 24.5 Å². The van der Waals surface area contributed by atoms with Crippen LogP contribution in [-0.2, 0) is 11.3 Å². The van der Waals surface area contributed by atoms with Crippen molar-refractivity contribution in [1.82, 2.24) is 5.32 Å². The highest BCUT2D eigenvalue weighted by molar-refractivity contribution is 5.53. The van der Waals surface area contributed by atoms with Gasteiger partial charge in [-0.15, -0.1) is 0 Å². The number of ether oxygens (including phenoxy) is 1. The standard InChI is InChI=1S/C15H23FN2O/c1-18(9-4-10-19-2)15-6-3-5-14(16)13(15)11-17-12-7-8-12/h3,5-6,12,17H,4,7-11H2,1-2H3. The third-order valence-electron chi connectivity index (χ3n) is 3.49. The van der Waals surface area contributed by atoms with E-state index in [9.17, 15) is 4.39 Å². The second-order valence-corrected chi connectivity index (χ2v) is 5.16. The maximum Gasteiger partial charge on any atom is 0.129 e. The van der Waals surface area contributed by atoms with Crippen molar-refractivity contribution < 1.29 is 9.13 Å². The van der Waals surface area contributed by atoms with Gasteiger partial charge >= 0.3 is 0 Å².